The van der Waals surface area contributed by atoms with Crippen LogP contribution in [0.3, 0.4) is 0 Å². The molecule has 0 bridgehead atoms. The first kappa shape index (κ1) is 22.8. The van der Waals surface area contributed by atoms with Gasteiger partial charge in [-0.3, -0.25) is 5.32 Å². The molecule has 3 rings (SSSR count). The molecule has 1 saturated carbocycles. The third kappa shape index (κ3) is 6.58. The van der Waals surface area contributed by atoms with E-state index in [0.29, 0.717) is 19.7 Å². The van der Waals surface area contributed by atoms with Gasteiger partial charge in [-0.15, -0.1) is 0 Å². The summed E-state index contributed by atoms with van der Waals surface area (Å²) in [5.41, 5.74) is 0. The van der Waals surface area contributed by atoms with Crippen LogP contribution >= 0.6 is 0 Å². The van der Waals surface area contributed by atoms with Crippen LogP contribution in [-0.4, -0.2) is 75.5 Å². The van der Waals surface area contributed by atoms with Crippen LogP contribution in [0.5, 0.6) is 5.75 Å². The van der Waals surface area contributed by atoms with Crippen LogP contribution in [0.4, 0.5) is 4.79 Å². The average Bonchev–Trinajstić information content (AvgIpc) is 2.68. The highest BCUT2D eigenvalue weighted by molar-refractivity contribution is 7.90. The minimum atomic E-state index is -3.14. The van der Waals surface area contributed by atoms with Crippen molar-refractivity contribution >= 4 is 15.9 Å². The number of nitrogens with one attached hydrogen (secondary N) is 2. The molecule has 2 amide bonds. The Hall–Kier alpha value is -1.84. The second kappa shape index (κ2) is 10.5. The van der Waals surface area contributed by atoms with Crippen LogP contribution in [0, 0.1) is 0 Å². The fourth-order valence-corrected chi connectivity index (χ4v) is 4.46. The lowest BCUT2D eigenvalue weighted by Gasteiger charge is -2.43. The second-order valence-corrected chi connectivity index (χ2v) is 10.2. The van der Waals surface area contributed by atoms with Gasteiger partial charge in [-0.2, -0.15) is 0 Å². The number of ether oxygens (including phenoxy) is 2. The summed E-state index contributed by atoms with van der Waals surface area (Å²) in [5, 5.41) is 5.98. The van der Waals surface area contributed by atoms with Gasteiger partial charge in [0.25, 0.3) is 0 Å². The molecule has 1 saturated heterocycles. The van der Waals surface area contributed by atoms with Crippen LogP contribution < -0.4 is 15.4 Å². The van der Waals surface area contributed by atoms with Gasteiger partial charge in [-0.1, -0.05) is 18.2 Å². The van der Waals surface area contributed by atoms with E-state index in [-0.39, 0.29) is 36.2 Å². The Labute approximate surface area is 179 Å². The first-order valence-corrected chi connectivity index (χ1v) is 12.7. The SMILES string of the molecule is CCNC(=O)N1CCC[C@H](NCS(C)(=O)=O)[C@@H]1CO[C@H]1C[C@H](Oc2ccccc2)C1. The number of piperidine rings is 1. The highest BCUT2D eigenvalue weighted by Crippen LogP contribution is 2.29. The molecule has 2 fully saturated rings. The fourth-order valence-electron chi connectivity index (χ4n) is 3.94. The molecule has 1 heterocycles. The van der Waals surface area contributed by atoms with E-state index in [1.807, 2.05) is 37.3 Å². The van der Waals surface area contributed by atoms with Gasteiger partial charge >= 0.3 is 6.03 Å². The number of sulfone groups is 1. The Kier molecular flexibility index (Phi) is 7.96. The molecular formula is C21H33N3O5S. The quantitative estimate of drug-likeness (QED) is 0.609. The largest absolute Gasteiger partial charge is 0.490 e. The second-order valence-electron chi connectivity index (χ2n) is 8.10. The van der Waals surface area contributed by atoms with Crippen LogP contribution in [0.25, 0.3) is 0 Å². The monoisotopic (exact) mass is 439 g/mol. The fraction of sp³-hybridized carbons (Fsp3) is 0.667. The van der Waals surface area contributed by atoms with Crippen molar-refractivity contribution in [1.82, 2.24) is 15.5 Å². The molecule has 9 heteroatoms. The van der Waals surface area contributed by atoms with Crippen molar-refractivity contribution in [2.24, 2.45) is 0 Å². The van der Waals surface area contributed by atoms with Crippen molar-refractivity contribution in [2.75, 3.05) is 31.8 Å². The molecule has 2 N–H and O–H groups in total. The molecule has 168 valence electrons. The minimum Gasteiger partial charge on any atom is -0.490 e. The zero-order chi connectivity index (χ0) is 21.6. The summed E-state index contributed by atoms with van der Waals surface area (Å²) in [6.45, 7) is 3.45. The standard InChI is InChI=1S/C21H33N3O5S/c1-3-22-21(25)24-11-7-10-19(23-15-30(2,26)27)20(24)14-28-17-12-18(13-17)29-16-8-5-4-6-9-16/h4-6,8-9,17-20,23H,3,7,10-15H2,1-2H3,(H,22,25)/t17-,18-,19-,20-/m0/s1. The lowest BCUT2D eigenvalue weighted by Crippen LogP contribution is -2.60. The maximum absolute atomic E-state index is 12.5. The van der Waals surface area contributed by atoms with E-state index in [1.54, 1.807) is 4.90 Å². The Morgan fingerprint density at radius 3 is 2.60 bits per heavy atom. The number of carbonyl (C=O) groups is 1. The minimum absolute atomic E-state index is 0.0901. The molecule has 0 spiro atoms. The van der Waals surface area contributed by atoms with Gasteiger partial charge in [0.15, 0.2) is 9.84 Å². The lowest BCUT2D eigenvalue weighted by atomic mass is 9.91. The number of benzene rings is 1. The normalized spacial score (nSPS) is 26.7. The van der Waals surface area contributed by atoms with Crippen LogP contribution in [-0.2, 0) is 14.6 Å². The van der Waals surface area contributed by atoms with Gasteiger partial charge in [0.05, 0.1) is 24.6 Å². The Morgan fingerprint density at radius 1 is 1.20 bits per heavy atom. The number of likely N-dealkylation sites (tertiary alicyclic amines) is 1. The molecule has 2 aliphatic rings. The molecular weight excluding hydrogens is 406 g/mol. The Balaban J connectivity index is 1.54. The van der Waals surface area contributed by atoms with Crippen molar-refractivity contribution in [3.05, 3.63) is 30.3 Å². The summed E-state index contributed by atoms with van der Waals surface area (Å²) in [7, 11) is -3.14. The molecule has 1 aliphatic heterocycles. The first-order chi connectivity index (χ1) is 14.4. The summed E-state index contributed by atoms with van der Waals surface area (Å²) in [4.78, 5) is 14.3. The van der Waals surface area contributed by atoms with E-state index in [0.717, 1.165) is 31.4 Å². The number of urea groups is 1. The highest BCUT2D eigenvalue weighted by atomic mass is 32.2. The lowest BCUT2D eigenvalue weighted by molar-refractivity contribution is -0.0799. The number of amides is 2. The van der Waals surface area contributed by atoms with Crippen molar-refractivity contribution in [3.63, 3.8) is 0 Å². The highest BCUT2D eigenvalue weighted by Gasteiger charge is 2.37. The summed E-state index contributed by atoms with van der Waals surface area (Å²) in [5.74, 6) is 0.758. The number of nitrogens with zero attached hydrogens (tertiary/aromatic N) is 1. The molecule has 8 nitrogen and oxygen atoms in total. The predicted molar refractivity (Wildman–Crippen MR) is 115 cm³/mol. The van der Waals surface area contributed by atoms with E-state index in [9.17, 15) is 13.2 Å². The maximum Gasteiger partial charge on any atom is 0.317 e. The smallest absolute Gasteiger partial charge is 0.317 e. The van der Waals surface area contributed by atoms with Crippen LogP contribution in [0.2, 0.25) is 0 Å². The molecule has 1 aromatic rings. The molecule has 0 radical (unpaired) electrons. The van der Waals surface area contributed by atoms with Crippen molar-refractivity contribution < 1.29 is 22.7 Å². The summed E-state index contributed by atoms with van der Waals surface area (Å²) in [6.07, 6.45) is 4.69. The first-order valence-electron chi connectivity index (χ1n) is 10.6. The van der Waals surface area contributed by atoms with Crippen molar-refractivity contribution in [1.29, 1.82) is 0 Å². The average molecular weight is 440 g/mol. The van der Waals surface area contributed by atoms with Crippen molar-refractivity contribution in [3.8, 4) is 5.75 Å². The molecule has 1 aromatic carbocycles. The number of carbonyl (C=O) groups excluding carboxylic acids is 1. The molecule has 30 heavy (non-hydrogen) atoms. The van der Waals surface area contributed by atoms with Gasteiger partial charge in [0.1, 0.15) is 11.9 Å². The van der Waals surface area contributed by atoms with Gasteiger partial charge in [0.2, 0.25) is 0 Å². The van der Waals surface area contributed by atoms with E-state index < -0.39 is 9.84 Å². The summed E-state index contributed by atoms with van der Waals surface area (Å²) in [6, 6.07) is 9.29. The zero-order valence-corrected chi connectivity index (χ0v) is 18.6. The number of para-hydroxylation sites is 1. The van der Waals surface area contributed by atoms with Crippen LogP contribution in [0.1, 0.15) is 32.6 Å². The number of rotatable bonds is 9. The Bertz CT molecular complexity index is 783. The third-order valence-electron chi connectivity index (χ3n) is 5.58. The summed E-state index contributed by atoms with van der Waals surface area (Å²) >= 11 is 0. The van der Waals surface area contributed by atoms with Gasteiger partial charge in [-0.25, -0.2) is 13.2 Å². The molecule has 0 aromatic heterocycles. The predicted octanol–water partition coefficient (Wildman–Crippen LogP) is 1.77. The molecule has 2 atom stereocenters. The Morgan fingerprint density at radius 2 is 1.93 bits per heavy atom. The number of hydrogen-bond donors (Lipinski definition) is 2. The third-order valence-corrected chi connectivity index (χ3v) is 6.27. The van der Waals surface area contributed by atoms with Gasteiger partial charge < -0.3 is 19.7 Å². The number of hydrogen-bond acceptors (Lipinski definition) is 6. The van der Waals surface area contributed by atoms with Crippen LogP contribution in [0.15, 0.2) is 30.3 Å². The zero-order valence-electron chi connectivity index (χ0n) is 17.7. The molecule has 0 unspecified atom stereocenters. The summed E-state index contributed by atoms with van der Waals surface area (Å²) < 4.78 is 35.3. The maximum atomic E-state index is 12.5. The van der Waals surface area contributed by atoms with Crippen molar-refractivity contribution in [2.45, 2.75) is 56.9 Å². The molecule has 1 aliphatic carbocycles. The topological polar surface area (TPSA) is 97.0 Å². The van der Waals surface area contributed by atoms with E-state index in [1.165, 1.54) is 6.26 Å². The van der Waals surface area contributed by atoms with E-state index >= 15 is 0 Å². The van der Waals surface area contributed by atoms with E-state index in [2.05, 4.69) is 10.6 Å². The van der Waals surface area contributed by atoms with Gasteiger partial charge in [0, 0.05) is 38.2 Å². The van der Waals surface area contributed by atoms with E-state index in [4.69, 9.17) is 9.47 Å². The van der Waals surface area contributed by atoms with Gasteiger partial charge in [-0.05, 0) is 31.9 Å².